The fourth-order valence-electron chi connectivity index (χ4n) is 2.69. The molecule has 2 aromatic carbocycles. The molecule has 0 unspecified atom stereocenters. The topological polar surface area (TPSA) is 144 Å². The molecular formula is C18H18BrFN6O4. The number of nitro benzene ring substituents is 1. The zero-order valence-electron chi connectivity index (χ0n) is 15.9. The summed E-state index contributed by atoms with van der Waals surface area (Å²) in [7, 11) is 0. The maximum Gasteiger partial charge on any atom is 0.269 e. The Morgan fingerprint density at radius 3 is 2.43 bits per heavy atom. The van der Waals surface area contributed by atoms with E-state index in [1.165, 1.54) is 30.3 Å². The van der Waals surface area contributed by atoms with Gasteiger partial charge in [-0.05, 0) is 65.7 Å². The predicted molar refractivity (Wildman–Crippen MR) is 110 cm³/mol. The van der Waals surface area contributed by atoms with E-state index in [4.69, 9.17) is 26.7 Å². The van der Waals surface area contributed by atoms with Gasteiger partial charge in [-0.1, -0.05) is 5.23 Å². The first-order valence-corrected chi connectivity index (χ1v) is 9.32. The summed E-state index contributed by atoms with van der Waals surface area (Å²) in [6.45, 7) is 3.38. The fraction of sp³-hybridized carbons (Fsp3) is 0.167. The number of nitrogens with zero attached hydrogens (tertiary/aromatic N) is 3. The summed E-state index contributed by atoms with van der Waals surface area (Å²) < 4.78 is 13.8. The molecule has 1 heterocycles. The summed E-state index contributed by atoms with van der Waals surface area (Å²) in [4.78, 5) is 21.8. The van der Waals surface area contributed by atoms with Crippen LogP contribution in [-0.2, 0) is 15.4 Å². The lowest BCUT2D eigenvalue weighted by molar-refractivity contribution is -0.385. The van der Waals surface area contributed by atoms with Gasteiger partial charge < -0.3 is 11.5 Å². The van der Waals surface area contributed by atoms with Crippen molar-refractivity contribution in [1.82, 2.24) is 5.23 Å². The second-order valence-electron chi connectivity index (χ2n) is 6.79. The molecule has 0 aromatic heterocycles. The average Bonchev–Trinajstić information content (AvgIpc) is 3.00. The van der Waals surface area contributed by atoms with Crippen LogP contribution in [0.25, 0.3) is 0 Å². The van der Waals surface area contributed by atoms with Gasteiger partial charge in [0.25, 0.3) is 5.69 Å². The number of nitro groups is 1. The van der Waals surface area contributed by atoms with Crippen LogP contribution in [0.2, 0.25) is 0 Å². The van der Waals surface area contributed by atoms with Crippen LogP contribution >= 0.6 is 15.9 Å². The summed E-state index contributed by atoms with van der Waals surface area (Å²) in [5.74, 6) is -0.975. The summed E-state index contributed by atoms with van der Waals surface area (Å²) >= 11 is 3.09. The second kappa shape index (κ2) is 7.89. The molecule has 10 nitrogen and oxygen atoms in total. The molecule has 1 saturated heterocycles. The third-order valence-corrected chi connectivity index (χ3v) is 4.87. The number of amidine groups is 1. The Labute approximate surface area is 179 Å². The van der Waals surface area contributed by atoms with Crippen LogP contribution in [-0.4, -0.2) is 16.0 Å². The molecule has 1 aliphatic heterocycles. The minimum absolute atomic E-state index is 0.00741. The lowest BCUT2D eigenvalue weighted by atomic mass is 9.98. The first-order chi connectivity index (χ1) is 14.0. The van der Waals surface area contributed by atoms with Gasteiger partial charge in [-0.2, -0.15) is 5.06 Å². The number of hydrogen-bond donors (Lipinski definition) is 3. The van der Waals surface area contributed by atoms with E-state index >= 15 is 0 Å². The van der Waals surface area contributed by atoms with Crippen molar-refractivity contribution in [3.63, 3.8) is 0 Å². The molecule has 3 rings (SSSR count). The van der Waals surface area contributed by atoms with E-state index in [1.54, 1.807) is 26.0 Å². The smallest absolute Gasteiger partial charge is 0.269 e. The van der Waals surface area contributed by atoms with Crippen molar-refractivity contribution in [2.75, 3.05) is 5.06 Å². The molecule has 30 heavy (non-hydrogen) atoms. The average molecular weight is 481 g/mol. The van der Waals surface area contributed by atoms with Crippen molar-refractivity contribution in [1.29, 1.82) is 5.41 Å². The van der Waals surface area contributed by atoms with E-state index in [1.807, 2.05) is 0 Å². The number of hydrogen-bond acceptors (Lipinski definition) is 8. The maximum atomic E-state index is 13.6. The van der Waals surface area contributed by atoms with Gasteiger partial charge in [0.1, 0.15) is 17.2 Å². The highest BCUT2D eigenvalue weighted by molar-refractivity contribution is 9.10. The maximum absolute atomic E-state index is 13.6. The Hall–Kier alpha value is -3.22. The summed E-state index contributed by atoms with van der Waals surface area (Å²) in [5.41, 5.74) is 11.3. The van der Waals surface area contributed by atoms with Crippen LogP contribution in [0.4, 0.5) is 15.8 Å². The van der Waals surface area contributed by atoms with E-state index in [-0.39, 0.29) is 27.5 Å². The number of rotatable bonds is 5. The SMILES string of the molecule is CC(C)(ON1ON(c2ccc(F)c(Br)c2)C(=C(N)N)C1=N)c1ccc([N+](=O)[O-])cc1. The van der Waals surface area contributed by atoms with Gasteiger partial charge in [-0.3, -0.25) is 15.5 Å². The molecule has 0 amide bonds. The minimum Gasteiger partial charge on any atom is -0.384 e. The number of halogens is 2. The quantitative estimate of drug-likeness (QED) is 0.436. The Morgan fingerprint density at radius 1 is 1.27 bits per heavy atom. The molecule has 0 spiro atoms. The van der Waals surface area contributed by atoms with Crippen molar-refractivity contribution >= 4 is 33.1 Å². The fourth-order valence-corrected chi connectivity index (χ4v) is 3.05. The second-order valence-corrected chi connectivity index (χ2v) is 7.64. The standard InChI is InChI=1S/C18H18BrFN6O4/c1-18(2,10-3-5-11(6-4-10)25(27)28)29-26-17(23)15(16(21)22)24(30-26)12-7-8-14(20)13(19)9-12/h3-9,23H,21-22H2,1-2H3. The molecule has 0 saturated carbocycles. The Kier molecular flexibility index (Phi) is 5.65. The molecular weight excluding hydrogens is 463 g/mol. The molecule has 2 aromatic rings. The molecule has 1 fully saturated rings. The lowest BCUT2D eigenvalue weighted by Crippen LogP contribution is -2.35. The lowest BCUT2D eigenvalue weighted by Gasteiger charge is -2.29. The van der Waals surface area contributed by atoms with E-state index in [0.717, 1.165) is 10.3 Å². The first kappa shape index (κ1) is 21.5. The normalized spacial score (nSPS) is 14.4. The first-order valence-electron chi connectivity index (χ1n) is 8.53. The minimum atomic E-state index is -1.05. The Morgan fingerprint density at radius 2 is 1.90 bits per heavy atom. The van der Waals surface area contributed by atoms with Gasteiger partial charge in [0.15, 0.2) is 5.70 Å². The molecule has 12 heteroatoms. The molecule has 0 bridgehead atoms. The number of anilines is 1. The van der Waals surface area contributed by atoms with Crippen molar-refractivity contribution in [2.45, 2.75) is 19.4 Å². The Bertz CT molecular complexity index is 1040. The third-order valence-electron chi connectivity index (χ3n) is 4.26. The highest BCUT2D eigenvalue weighted by Gasteiger charge is 2.40. The number of nitrogens with two attached hydrogens (primary N) is 2. The summed E-state index contributed by atoms with van der Waals surface area (Å²) in [6, 6.07) is 9.84. The molecule has 0 radical (unpaired) electrons. The van der Waals surface area contributed by atoms with E-state index < -0.39 is 16.3 Å². The van der Waals surface area contributed by atoms with Crippen LogP contribution in [0.15, 0.2) is 58.5 Å². The van der Waals surface area contributed by atoms with Crippen molar-refractivity contribution in [3.8, 4) is 0 Å². The van der Waals surface area contributed by atoms with Crippen LogP contribution in [0.3, 0.4) is 0 Å². The Balaban J connectivity index is 1.89. The van der Waals surface area contributed by atoms with Crippen LogP contribution in [0.1, 0.15) is 19.4 Å². The van der Waals surface area contributed by atoms with Gasteiger partial charge >= 0.3 is 0 Å². The van der Waals surface area contributed by atoms with E-state index in [2.05, 4.69) is 15.9 Å². The van der Waals surface area contributed by atoms with Gasteiger partial charge in [0.2, 0.25) is 5.84 Å². The number of non-ortho nitro benzene ring substituents is 1. The van der Waals surface area contributed by atoms with Gasteiger partial charge in [0.05, 0.1) is 15.1 Å². The van der Waals surface area contributed by atoms with Crippen molar-refractivity contribution in [2.24, 2.45) is 11.5 Å². The zero-order valence-corrected chi connectivity index (χ0v) is 17.5. The van der Waals surface area contributed by atoms with Gasteiger partial charge in [0, 0.05) is 12.1 Å². The predicted octanol–water partition coefficient (Wildman–Crippen LogP) is 3.40. The molecule has 158 valence electrons. The van der Waals surface area contributed by atoms with Crippen molar-refractivity contribution in [3.05, 3.63) is 80.0 Å². The number of benzene rings is 2. The third kappa shape index (κ3) is 4.06. The molecule has 5 N–H and O–H groups in total. The van der Waals surface area contributed by atoms with Gasteiger partial charge in [-0.15, -0.1) is 4.94 Å². The van der Waals surface area contributed by atoms with E-state index in [0.29, 0.717) is 11.3 Å². The zero-order chi connectivity index (χ0) is 22.2. The molecule has 0 aliphatic carbocycles. The van der Waals surface area contributed by atoms with Crippen LogP contribution in [0.5, 0.6) is 0 Å². The van der Waals surface area contributed by atoms with Crippen LogP contribution < -0.4 is 16.5 Å². The molecule has 1 aliphatic rings. The molecule has 0 atom stereocenters. The van der Waals surface area contributed by atoms with Gasteiger partial charge in [-0.25, -0.2) is 9.23 Å². The largest absolute Gasteiger partial charge is 0.384 e. The van der Waals surface area contributed by atoms with Crippen molar-refractivity contribution < 1.29 is 19.1 Å². The monoisotopic (exact) mass is 480 g/mol. The number of hydroxylamine groups is 3. The van der Waals surface area contributed by atoms with E-state index in [9.17, 15) is 14.5 Å². The van der Waals surface area contributed by atoms with Crippen LogP contribution in [0, 0.1) is 21.3 Å². The summed E-state index contributed by atoms with van der Waals surface area (Å²) in [6.07, 6.45) is 0. The highest BCUT2D eigenvalue weighted by atomic mass is 79.9. The number of nitrogens with one attached hydrogen (secondary N) is 1. The summed E-state index contributed by atoms with van der Waals surface area (Å²) in [5, 5.41) is 21.1. The highest BCUT2D eigenvalue weighted by Crippen LogP contribution is 2.35.